The van der Waals surface area contributed by atoms with Gasteiger partial charge < -0.3 is 10.1 Å². The summed E-state index contributed by atoms with van der Waals surface area (Å²) in [7, 11) is 0. The molecule has 0 aliphatic heterocycles. The number of hydrogen-bond acceptors (Lipinski definition) is 8. The first-order valence-corrected chi connectivity index (χ1v) is 9.89. The molecule has 1 amide bonds. The van der Waals surface area contributed by atoms with Crippen molar-refractivity contribution in [1.82, 2.24) is 20.2 Å². The lowest BCUT2D eigenvalue weighted by atomic mass is 10.1. The van der Waals surface area contributed by atoms with Crippen molar-refractivity contribution in [2.75, 3.05) is 11.1 Å². The Labute approximate surface area is 163 Å². The predicted molar refractivity (Wildman–Crippen MR) is 105 cm³/mol. The van der Waals surface area contributed by atoms with E-state index in [1.807, 2.05) is 19.9 Å². The van der Waals surface area contributed by atoms with Crippen molar-refractivity contribution in [3.05, 3.63) is 45.7 Å². The van der Waals surface area contributed by atoms with Gasteiger partial charge in [0, 0.05) is 5.92 Å². The van der Waals surface area contributed by atoms with Gasteiger partial charge >= 0.3 is 0 Å². The van der Waals surface area contributed by atoms with E-state index < -0.39 is 5.56 Å². The fourth-order valence-electron chi connectivity index (χ4n) is 2.18. The summed E-state index contributed by atoms with van der Waals surface area (Å²) in [6.07, 6.45) is 0. The minimum Gasteiger partial charge on any atom is -0.493 e. The largest absolute Gasteiger partial charge is 0.493 e. The number of amides is 1. The lowest BCUT2D eigenvalue weighted by Gasteiger charge is -2.06. The molecule has 0 aliphatic rings. The van der Waals surface area contributed by atoms with Gasteiger partial charge in [-0.05, 0) is 5.56 Å². The summed E-state index contributed by atoms with van der Waals surface area (Å²) in [6.45, 7) is 3.99. The quantitative estimate of drug-likeness (QED) is 0.427. The molecule has 27 heavy (non-hydrogen) atoms. The van der Waals surface area contributed by atoms with E-state index in [2.05, 4.69) is 25.5 Å². The third kappa shape index (κ3) is 4.72. The predicted octanol–water partition coefficient (Wildman–Crippen LogP) is 2.85. The molecule has 0 atom stereocenters. The van der Waals surface area contributed by atoms with Crippen LogP contribution in [0.3, 0.4) is 0 Å². The van der Waals surface area contributed by atoms with Gasteiger partial charge in [-0.3, -0.25) is 14.9 Å². The first kappa shape index (κ1) is 19.1. The molecule has 2 aromatic heterocycles. The highest BCUT2D eigenvalue weighted by atomic mass is 32.2. The first-order valence-electron chi connectivity index (χ1n) is 8.08. The van der Waals surface area contributed by atoms with E-state index >= 15 is 0 Å². The molecule has 2 heterocycles. The molecule has 3 N–H and O–H groups in total. The number of aromatic hydroxyl groups is 1. The van der Waals surface area contributed by atoms with E-state index in [0.29, 0.717) is 10.7 Å². The molecule has 3 aromatic rings. The van der Waals surface area contributed by atoms with Crippen LogP contribution in [0.1, 0.15) is 24.8 Å². The molecule has 0 saturated heterocycles. The highest BCUT2D eigenvalue weighted by molar-refractivity contribution is 7.99. The summed E-state index contributed by atoms with van der Waals surface area (Å²) >= 11 is 2.33. The normalized spacial score (nSPS) is 10.9. The van der Waals surface area contributed by atoms with Crippen LogP contribution >= 0.6 is 23.1 Å². The maximum Gasteiger partial charge on any atom is 0.263 e. The summed E-state index contributed by atoms with van der Waals surface area (Å²) in [4.78, 5) is 30.9. The van der Waals surface area contributed by atoms with E-state index in [0.717, 1.165) is 16.8 Å². The summed E-state index contributed by atoms with van der Waals surface area (Å²) in [5.41, 5.74) is 0.192. The number of carbonyl (C=O) groups excluding carboxylic acids is 1. The number of aromatic amines is 1. The van der Waals surface area contributed by atoms with Gasteiger partial charge in [0.1, 0.15) is 10.6 Å². The highest BCUT2D eigenvalue weighted by Crippen LogP contribution is 2.25. The number of aromatic nitrogens is 4. The van der Waals surface area contributed by atoms with Gasteiger partial charge in [-0.15, -0.1) is 10.2 Å². The Balaban J connectivity index is 1.66. The van der Waals surface area contributed by atoms with E-state index in [4.69, 9.17) is 0 Å². The lowest BCUT2D eigenvalue weighted by molar-refractivity contribution is -0.113. The van der Waals surface area contributed by atoms with Crippen LogP contribution in [-0.4, -0.2) is 36.9 Å². The van der Waals surface area contributed by atoms with Crippen molar-refractivity contribution < 1.29 is 9.90 Å². The summed E-state index contributed by atoms with van der Waals surface area (Å²) < 4.78 is 0. The Morgan fingerprint density at radius 3 is 2.67 bits per heavy atom. The van der Waals surface area contributed by atoms with Gasteiger partial charge in [0.15, 0.2) is 5.16 Å². The van der Waals surface area contributed by atoms with Crippen LogP contribution in [0.2, 0.25) is 0 Å². The molecule has 0 aliphatic carbocycles. The van der Waals surface area contributed by atoms with Crippen LogP contribution in [0.4, 0.5) is 5.13 Å². The van der Waals surface area contributed by atoms with Crippen molar-refractivity contribution in [2.45, 2.75) is 24.9 Å². The number of nitrogens with zero attached hydrogens (tertiary/aromatic N) is 3. The molecule has 3 rings (SSSR count). The molecule has 140 valence electrons. The molecule has 10 heteroatoms. The van der Waals surface area contributed by atoms with Crippen LogP contribution in [0.15, 0.2) is 40.3 Å². The Kier molecular flexibility index (Phi) is 5.87. The average Bonchev–Trinajstić information content (AvgIpc) is 3.09. The number of H-pyrrole nitrogens is 1. The van der Waals surface area contributed by atoms with Gasteiger partial charge in [-0.25, -0.2) is 0 Å². The van der Waals surface area contributed by atoms with Crippen LogP contribution in [-0.2, 0) is 4.79 Å². The standard InChI is InChI=1S/C17H17N5O3S2/c1-9(2)15-21-22-17(27-15)18-11(23)8-26-16-19-13(24)12(14(25)20-16)10-6-4-3-5-7-10/h3-7,9H,8H2,1-2H3,(H,18,22,23)(H2,19,20,24,25). The number of rotatable bonds is 6. The molecule has 0 spiro atoms. The van der Waals surface area contributed by atoms with Crippen molar-refractivity contribution in [3.8, 4) is 17.0 Å². The number of thioether (sulfide) groups is 1. The first-order chi connectivity index (χ1) is 12.9. The third-order valence-electron chi connectivity index (χ3n) is 3.46. The minimum atomic E-state index is -0.470. The number of benzene rings is 1. The van der Waals surface area contributed by atoms with E-state index in [-0.39, 0.29) is 34.2 Å². The molecular weight excluding hydrogens is 386 g/mol. The maximum atomic E-state index is 12.3. The third-order valence-corrected chi connectivity index (χ3v) is 5.47. The number of carbonyl (C=O) groups is 1. The van der Waals surface area contributed by atoms with Crippen molar-refractivity contribution >= 4 is 34.1 Å². The van der Waals surface area contributed by atoms with Crippen LogP contribution < -0.4 is 10.9 Å². The molecule has 0 unspecified atom stereocenters. The second-order valence-electron chi connectivity index (χ2n) is 5.87. The Morgan fingerprint density at radius 2 is 2.04 bits per heavy atom. The van der Waals surface area contributed by atoms with Crippen LogP contribution in [0.5, 0.6) is 5.88 Å². The Bertz CT molecular complexity index is 1000. The topological polar surface area (TPSA) is 121 Å². The SMILES string of the molecule is CC(C)c1nnc(NC(=O)CSc2nc(O)c(-c3ccccc3)c(=O)[nH]2)s1. The molecule has 0 radical (unpaired) electrons. The zero-order valence-corrected chi connectivity index (χ0v) is 16.2. The Hall–Kier alpha value is -2.72. The van der Waals surface area contributed by atoms with Crippen molar-refractivity contribution in [2.24, 2.45) is 0 Å². The number of hydrogen-bond donors (Lipinski definition) is 3. The van der Waals surface area contributed by atoms with Gasteiger partial charge in [0.05, 0.1) is 5.75 Å². The second kappa shape index (κ2) is 8.31. The van der Waals surface area contributed by atoms with E-state index in [1.54, 1.807) is 24.3 Å². The minimum absolute atomic E-state index is 0.00363. The van der Waals surface area contributed by atoms with Crippen molar-refractivity contribution in [1.29, 1.82) is 0 Å². The van der Waals surface area contributed by atoms with Crippen molar-refractivity contribution in [3.63, 3.8) is 0 Å². The number of anilines is 1. The van der Waals surface area contributed by atoms with Gasteiger partial charge in [0.25, 0.3) is 5.56 Å². The van der Waals surface area contributed by atoms with Crippen LogP contribution in [0.25, 0.3) is 11.1 Å². The van der Waals surface area contributed by atoms with Crippen LogP contribution in [0, 0.1) is 0 Å². The fourth-order valence-corrected chi connectivity index (χ4v) is 3.60. The second-order valence-corrected chi connectivity index (χ2v) is 7.85. The average molecular weight is 403 g/mol. The molecular formula is C17H17N5O3S2. The highest BCUT2D eigenvalue weighted by Gasteiger charge is 2.15. The monoisotopic (exact) mass is 403 g/mol. The Morgan fingerprint density at radius 1 is 1.30 bits per heavy atom. The van der Waals surface area contributed by atoms with Gasteiger partial charge in [0.2, 0.25) is 16.9 Å². The summed E-state index contributed by atoms with van der Waals surface area (Å²) in [6, 6.07) is 8.76. The summed E-state index contributed by atoms with van der Waals surface area (Å²) in [5, 5.41) is 22.1. The molecule has 0 saturated carbocycles. The van der Waals surface area contributed by atoms with Gasteiger partial charge in [-0.1, -0.05) is 67.3 Å². The lowest BCUT2D eigenvalue weighted by Crippen LogP contribution is -2.16. The molecule has 8 nitrogen and oxygen atoms in total. The zero-order valence-electron chi connectivity index (χ0n) is 14.6. The zero-order chi connectivity index (χ0) is 19.4. The molecule has 0 bridgehead atoms. The van der Waals surface area contributed by atoms with E-state index in [9.17, 15) is 14.7 Å². The summed E-state index contributed by atoms with van der Waals surface area (Å²) in [5.74, 6) is -0.439. The maximum absolute atomic E-state index is 12.3. The van der Waals surface area contributed by atoms with E-state index in [1.165, 1.54) is 11.3 Å². The fraction of sp³-hybridized carbons (Fsp3) is 0.235. The smallest absolute Gasteiger partial charge is 0.263 e. The molecule has 1 aromatic carbocycles. The number of nitrogens with one attached hydrogen (secondary N) is 2. The van der Waals surface area contributed by atoms with Gasteiger partial charge in [-0.2, -0.15) is 4.98 Å². The molecule has 0 fully saturated rings.